The van der Waals surface area contributed by atoms with E-state index in [1.165, 1.54) is 11.3 Å². The molecule has 0 spiro atoms. The van der Waals surface area contributed by atoms with Gasteiger partial charge in [-0.2, -0.15) is 0 Å². The highest BCUT2D eigenvalue weighted by molar-refractivity contribution is 7.25. The fourth-order valence-corrected chi connectivity index (χ4v) is 6.10. The van der Waals surface area contributed by atoms with Crippen LogP contribution >= 0.6 is 11.3 Å². The first-order chi connectivity index (χ1) is 14.0. The molecule has 1 aliphatic heterocycles. The Hall–Kier alpha value is -2.51. The zero-order chi connectivity index (χ0) is 19.8. The van der Waals surface area contributed by atoms with Crippen molar-refractivity contribution in [2.75, 3.05) is 25.6 Å². The van der Waals surface area contributed by atoms with E-state index in [1.54, 1.807) is 17.1 Å². The van der Waals surface area contributed by atoms with Crippen LogP contribution < -0.4 is 10.5 Å². The van der Waals surface area contributed by atoms with Crippen LogP contribution in [0, 0.1) is 5.41 Å². The number of fused-ring (bicyclic) bond motifs is 3. The molecule has 2 unspecified atom stereocenters. The number of thiophene rings is 1. The number of anilines is 1. The second-order valence-corrected chi connectivity index (χ2v) is 9.50. The van der Waals surface area contributed by atoms with Gasteiger partial charge in [-0.25, -0.2) is 9.97 Å². The number of rotatable bonds is 2. The van der Waals surface area contributed by atoms with Crippen molar-refractivity contribution in [2.24, 2.45) is 5.41 Å². The van der Waals surface area contributed by atoms with Gasteiger partial charge in [0.05, 0.1) is 22.2 Å². The summed E-state index contributed by atoms with van der Waals surface area (Å²) in [6.07, 6.45) is 14.0. The molecule has 29 heavy (non-hydrogen) atoms. The van der Waals surface area contributed by atoms with Crippen LogP contribution in [0.25, 0.3) is 26.1 Å². The number of pyridine rings is 1. The van der Waals surface area contributed by atoms with E-state index in [-0.39, 0.29) is 16.6 Å². The first kappa shape index (κ1) is 17.4. The first-order valence-electron chi connectivity index (χ1n) is 10.0. The molecular weight excluding hydrogens is 384 g/mol. The molecule has 1 saturated heterocycles. The molecule has 4 heterocycles. The smallest absolute Gasteiger partial charge is 0.275 e. The van der Waals surface area contributed by atoms with Gasteiger partial charge in [-0.05, 0) is 31.7 Å². The van der Waals surface area contributed by atoms with Crippen LogP contribution in [0.15, 0.2) is 41.6 Å². The normalized spacial score (nSPS) is 30.9. The third kappa shape index (κ3) is 2.28. The van der Waals surface area contributed by atoms with Crippen molar-refractivity contribution in [1.82, 2.24) is 14.5 Å². The van der Waals surface area contributed by atoms with Gasteiger partial charge in [0.25, 0.3) is 5.56 Å². The molecule has 7 heteroatoms. The lowest BCUT2D eigenvalue weighted by Crippen LogP contribution is -2.21. The lowest BCUT2D eigenvalue weighted by atomic mass is 9.95. The van der Waals surface area contributed by atoms with Crippen LogP contribution in [0.3, 0.4) is 0 Å². The average molecular weight is 407 g/mol. The van der Waals surface area contributed by atoms with E-state index >= 15 is 0 Å². The molecule has 1 saturated carbocycles. The molecule has 2 aliphatic carbocycles. The fourth-order valence-electron chi connectivity index (χ4n) is 5.05. The summed E-state index contributed by atoms with van der Waals surface area (Å²) in [5.41, 5.74) is 2.73. The highest BCUT2D eigenvalue weighted by Crippen LogP contribution is 2.68. The molecule has 2 fully saturated rings. The predicted molar refractivity (Wildman–Crippen MR) is 117 cm³/mol. The molecular formula is C22H22N4O2S. The van der Waals surface area contributed by atoms with Crippen molar-refractivity contribution in [3.05, 3.63) is 47.2 Å². The Labute approximate surface area is 172 Å². The second kappa shape index (κ2) is 5.77. The molecule has 6 rings (SSSR count). The zero-order valence-corrected chi connectivity index (χ0v) is 17.3. The van der Waals surface area contributed by atoms with Gasteiger partial charge in [0.15, 0.2) is 0 Å². The third-order valence-corrected chi connectivity index (χ3v) is 7.73. The number of ether oxygens (including phenoxy) is 1. The molecule has 148 valence electrons. The number of aromatic nitrogens is 3. The Balaban J connectivity index is 1.55. The van der Waals surface area contributed by atoms with Crippen LogP contribution in [0.1, 0.15) is 25.7 Å². The highest BCUT2D eigenvalue weighted by Gasteiger charge is 2.69. The summed E-state index contributed by atoms with van der Waals surface area (Å²) in [7, 11) is 3.99. The van der Waals surface area contributed by atoms with Crippen LogP contribution in [0.4, 0.5) is 5.69 Å². The molecule has 0 radical (unpaired) electrons. The van der Waals surface area contributed by atoms with Crippen LogP contribution in [0.2, 0.25) is 0 Å². The Morgan fingerprint density at radius 2 is 2.21 bits per heavy atom. The highest BCUT2D eigenvalue weighted by atomic mass is 32.1. The third-order valence-electron chi connectivity index (χ3n) is 6.65. The van der Waals surface area contributed by atoms with Gasteiger partial charge in [-0.1, -0.05) is 18.2 Å². The number of hydrogen-bond acceptors (Lipinski definition) is 6. The van der Waals surface area contributed by atoms with E-state index in [9.17, 15) is 4.79 Å². The molecule has 0 bridgehead atoms. The first-order valence-corrected chi connectivity index (χ1v) is 10.9. The largest absolute Gasteiger partial charge is 0.377 e. The van der Waals surface area contributed by atoms with Crippen molar-refractivity contribution >= 4 is 43.2 Å². The van der Waals surface area contributed by atoms with E-state index < -0.39 is 0 Å². The minimum absolute atomic E-state index is 0.0000690. The minimum atomic E-state index is -0.137. The van der Waals surface area contributed by atoms with Crippen molar-refractivity contribution < 1.29 is 4.74 Å². The molecule has 3 aliphatic rings. The van der Waals surface area contributed by atoms with Crippen LogP contribution in [-0.4, -0.2) is 40.8 Å². The summed E-state index contributed by atoms with van der Waals surface area (Å²) in [6.45, 7) is 0.787. The molecule has 0 amide bonds. The van der Waals surface area contributed by atoms with Gasteiger partial charge >= 0.3 is 0 Å². The van der Waals surface area contributed by atoms with Crippen molar-refractivity contribution in [2.45, 2.75) is 31.3 Å². The van der Waals surface area contributed by atoms with Crippen molar-refractivity contribution in [1.29, 1.82) is 0 Å². The summed E-state index contributed by atoms with van der Waals surface area (Å²) in [5, 5.41) is 0.959. The fraction of sp³-hybridized carbons (Fsp3) is 0.409. The Morgan fingerprint density at radius 1 is 1.31 bits per heavy atom. The van der Waals surface area contributed by atoms with Crippen LogP contribution in [0.5, 0.6) is 0 Å². The molecule has 0 aromatic carbocycles. The maximum absolute atomic E-state index is 13.5. The van der Waals surface area contributed by atoms with Crippen molar-refractivity contribution in [3.63, 3.8) is 0 Å². The summed E-state index contributed by atoms with van der Waals surface area (Å²) >= 11 is 1.44. The standard InChI is InChI=1S/C22H22N4O2S/c1-25(2)15-6-9-23-19-16(15)17-18(29-19)20(27)26(13-24-17)14-5-3-4-7-22-12-21(22,11-14)8-10-28-22/h4,6-7,9,11,13H,3,5,8,10,12H2,1-2H3/b7-4-,14-11+. The molecule has 3 aromatic rings. The van der Waals surface area contributed by atoms with Gasteiger partial charge in [-0.15, -0.1) is 11.3 Å². The van der Waals surface area contributed by atoms with Gasteiger partial charge < -0.3 is 9.64 Å². The number of allylic oxidation sites excluding steroid dienone is 2. The van der Waals surface area contributed by atoms with Crippen LogP contribution in [-0.2, 0) is 4.74 Å². The summed E-state index contributed by atoms with van der Waals surface area (Å²) in [6, 6.07) is 1.97. The van der Waals surface area contributed by atoms with Gasteiger partial charge in [-0.3, -0.25) is 9.36 Å². The average Bonchev–Trinajstić information content (AvgIpc) is 3.00. The van der Waals surface area contributed by atoms with E-state index in [2.05, 4.69) is 23.2 Å². The van der Waals surface area contributed by atoms with Gasteiger partial charge in [0, 0.05) is 38.0 Å². The van der Waals surface area contributed by atoms with E-state index in [0.717, 1.165) is 59.4 Å². The molecule has 0 N–H and O–H groups in total. The summed E-state index contributed by atoms with van der Waals surface area (Å²) < 4.78 is 8.48. The molecule has 2 atom stereocenters. The van der Waals surface area contributed by atoms with E-state index in [4.69, 9.17) is 9.72 Å². The molecule has 6 nitrogen and oxygen atoms in total. The maximum atomic E-state index is 13.5. The predicted octanol–water partition coefficient (Wildman–Crippen LogP) is 3.81. The Kier molecular flexibility index (Phi) is 3.45. The Bertz CT molecular complexity index is 1290. The zero-order valence-electron chi connectivity index (χ0n) is 16.5. The van der Waals surface area contributed by atoms with E-state index in [0.29, 0.717) is 4.70 Å². The topological polar surface area (TPSA) is 60.2 Å². The van der Waals surface area contributed by atoms with Gasteiger partial charge in [0.2, 0.25) is 0 Å². The monoisotopic (exact) mass is 406 g/mol. The summed E-state index contributed by atoms with van der Waals surface area (Å²) in [4.78, 5) is 25.6. The lowest BCUT2D eigenvalue weighted by Gasteiger charge is -2.17. The quantitative estimate of drug-likeness (QED) is 0.606. The summed E-state index contributed by atoms with van der Waals surface area (Å²) in [5.74, 6) is 0. The van der Waals surface area contributed by atoms with Gasteiger partial charge in [0.1, 0.15) is 15.9 Å². The number of hydrogen-bond donors (Lipinski definition) is 0. The minimum Gasteiger partial charge on any atom is -0.377 e. The SMILES string of the molecule is CN(C)c1ccnc2sc3c(=O)n(/C4=C/C56CCOC5(/C=C\CC4)C6)cnc3c12. The Morgan fingerprint density at radius 3 is 3.07 bits per heavy atom. The lowest BCUT2D eigenvalue weighted by molar-refractivity contribution is 0.0994. The number of nitrogens with zero attached hydrogens (tertiary/aromatic N) is 4. The van der Waals surface area contributed by atoms with Crippen molar-refractivity contribution in [3.8, 4) is 0 Å². The van der Waals surface area contributed by atoms with E-state index in [1.807, 2.05) is 25.1 Å². The second-order valence-electron chi connectivity index (χ2n) is 8.50. The maximum Gasteiger partial charge on any atom is 0.275 e. The molecule has 3 aromatic heterocycles.